The van der Waals surface area contributed by atoms with Crippen LogP contribution in [0.25, 0.3) is 6.08 Å². The molecule has 98 valence electrons. The minimum absolute atomic E-state index is 0.478. The normalized spacial score (nSPS) is 13.3. The molecule has 0 spiro atoms. The molecule has 0 fully saturated rings. The molecule has 0 aliphatic rings. The van der Waals surface area contributed by atoms with Crippen molar-refractivity contribution < 1.29 is 8.60 Å². The van der Waals surface area contributed by atoms with Crippen molar-refractivity contribution in [3.05, 3.63) is 70.4 Å². The number of aryl methyl sites for hydroxylation is 2. The lowest BCUT2D eigenvalue weighted by Crippen LogP contribution is -1.92. The molecule has 1 nitrogen and oxygen atoms in total. The van der Waals surface area contributed by atoms with Gasteiger partial charge in [0.15, 0.2) is 5.16 Å². The van der Waals surface area contributed by atoms with Crippen LogP contribution >= 0.6 is 0 Å². The molecule has 1 atom stereocenters. The highest BCUT2D eigenvalue weighted by molar-refractivity contribution is 7.89. The Hall–Kier alpha value is -1.74. The molecule has 0 saturated heterocycles. The molecule has 3 heteroatoms. The summed E-state index contributed by atoms with van der Waals surface area (Å²) in [6, 6.07) is 14.4. The molecule has 0 saturated carbocycles. The van der Waals surface area contributed by atoms with Crippen LogP contribution in [0.1, 0.15) is 16.7 Å². The minimum atomic E-state index is -1.75. The topological polar surface area (TPSA) is 17.1 Å². The van der Waals surface area contributed by atoms with Gasteiger partial charge in [-0.3, -0.25) is 0 Å². The molecule has 1 unspecified atom stereocenters. The Bertz CT molecular complexity index is 612. The van der Waals surface area contributed by atoms with Gasteiger partial charge in [-0.2, -0.15) is 4.39 Å². The van der Waals surface area contributed by atoms with E-state index in [1.165, 1.54) is 6.08 Å². The van der Waals surface area contributed by atoms with E-state index in [1.807, 2.05) is 38.1 Å². The Labute approximate surface area is 115 Å². The lowest BCUT2D eigenvalue weighted by molar-refractivity contribution is 0.653. The fourth-order valence-electron chi connectivity index (χ4n) is 1.62. The number of rotatable bonds is 3. The van der Waals surface area contributed by atoms with E-state index in [9.17, 15) is 8.60 Å². The lowest BCUT2D eigenvalue weighted by atomic mass is 10.1. The van der Waals surface area contributed by atoms with E-state index in [0.29, 0.717) is 10.5 Å². The van der Waals surface area contributed by atoms with Crippen LogP contribution in [0.2, 0.25) is 0 Å². The summed E-state index contributed by atoms with van der Waals surface area (Å²) in [6.07, 6.45) is 1.31. The molecule has 2 aromatic carbocycles. The zero-order valence-electron chi connectivity index (χ0n) is 10.9. The van der Waals surface area contributed by atoms with Crippen molar-refractivity contribution in [2.24, 2.45) is 0 Å². The van der Waals surface area contributed by atoms with Crippen molar-refractivity contribution in [3.63, 3.8) is 0 Å². The van der Waals surface area contributed by atoms with Crippen molar-refractivity contribution in [3.8, 4) is 0 Å². The smallest absolute Gasteiger partial charge is 0.192 e. The van der Waals surface area contributed by atoms with Crippen LogP contribution in [-0.4, -0.2) is 4.21 Å². The predicted octanol–water partition coefficient (Wildman–Crippen LogP) is 4.38. The van der Waals surface area contributed by atoms with Crippen LogP contribution in [-0.2, 0) is 10.8 Å². The minimum Gasteiger partial charge on any atom is -0.247 e. The average molecular weight is 274 g/mol. The molecule has 0 amide bonds. The van der Waals surface area contributed by atoms with Crippen LogP contribution in [0.3, 0.4) is 0 Å². The van der Waals surface area contributed by atoms with Gasteiger partial charge in [0, 0.05) is 4.90 Å². The van der Waals surface area contributed by atoms with Crippen molar-refractivity contribution >= 4 is 16.9 Å². The molecule has 0 aromatic heterocycles. The molecule has 0 aliphatic heterocycles. The molecule has 2 rings (SSSR count). The van der Waals surface area contributed by atoms with Crippen LogP contribution < -0.4 is 0 Å². The van der Waals surface area contributed by atoms with E-state index >= 15 is 0 Å². The van der Waals surface area contributed by atoms with E-state index < -0.39 is 16.0 Å². The van der Waals surface area contributed by atoms with Crippen molar-refractivity contribution in [2.45, 2.75) is 18.7 Å². The fourth-order valence-corrected chi connectivity index (χ4v) is 2.47. The maximum Gasteiger partial charge on any atom is 0.192 e. The Kier molecular flexibility index (Phi) is 4.27. The van der Waals surface area contributed by atoms with E-state index in [0.717, 1.165) is 11.1 Å². The number of benzene rings is 2. The molecule has 0 heterocycles. The zero-order valence-corrected chi connectivity index (χ0v) is 11.7. The summed E-state index contributed by atoms with van der Waals surface area (Å²) in [5.74, 6) is 0. The van der Waals surface area contributed by atoms with Gasteiger partial charge in [0.25, 0.3) is 0 Å². The molecule has 0 radical (unpaired) electrons. The van der Waals surface area contributed by atoms with Crippen LogP contribution in [0.15, 0.2) is 58.6 Å². The Morgan fingerprint density at radius 2 is 1.42 bits per heavy atom. The summed E-state index contributed by atoms with van der Waals surface area (Å²) in [5, 5.41) is -0.632. The first-order valence-electron chi connectivity index (χ1n) is 5.98. The summed E-state index contributed by atoms with van der Waals surface area (Å²) in [6.45, 7) is 3.90. The Balaban J connectivity index is 2.23. The predicted molar refractivity (Wildman–Crippen MR) is 77.9 cm³/mol. The highest BCUT2D eigenvalue weighted by Crippen LogP contribution is 2.19. The van der Waals surface area contributed by atoms with Crippen LogP contribution in [0, 0.1) is 13.8 Å². The molecular weight excluding hydrogens is 259 g/mol. The van der Waals surface area contributed by atoms with Crippen LogP contribution in [0.5, 0.6) is 0 Å². The van der Waals surface area contributed by atoms with Gasteiger partial charge < -0.3 is 0 Å². The molecule has 2 aromatic rings. The first-order valence-corrected chi connectivity index (χ1v) is 7.13. The molecule has 19 heavy (non-hydrogen) atoms. The SMILES string of the molecule is Cc1ccc(C=C(F)S(=O)c2ccc(C)cc2)cc1. The van der Waals surface area contributed by atoms with Gasteiger partial charge in [0.05, 0.1) is 0 Å². The highest BCUT2D eigenvalue weighted by atomic mass is 32.2. The third-order valence-electron chi connectivity index (χ3n) is 2.77. The number of hydrogen-bond donors (Lipinski definition) is 0. The summed E-state index contributed by atoms with van der Waals surface area (Å²) in [4.78, 5) is 0.478. The van der Waals surface area contributed by atoms with Crippen molar-refractivity contribution in [1.29, 1.82) is 0 Å². The van der Waals surface area contributed by atoms with E-state index in [2.05, 4.69) is 0 Å². The summed E-state index contributed by atoms with van der Waals surface area (Å²) in [5.41, 5.74) is 2.88. The Morgan fingerprint density at radius 1 is 0.947 bits per heavy atom. The van der Waals surface area contributed by atoms with Gasteiger partial charge in [0.2, 0.25) is 0 Å². The monoisotopic (exact) mass is 274 g/mol. The average Bonchev–Trinajstić information content (AvgIpc) is 2.41. The first kappa shape index (κ1) is 13.7. The third-order valence-corrected chi connectivity index (χ3v) is 3.94. The van der Waals surface area contributed by atoms with Gasteiger partial charge >= 0.3 is 0 Å². The molecule has 0 N–H and O–H groups in total. The third kappa shape index (κ3) is 3.61. The first-order chi connectivity index (χ1) is 9.06. The maximum absolute atomic E-state index is 13.9. The zero-order chi connectivity index (χ0) is 13.8. The quantitative estimate of drug-likeness (QED) is 0.811. The van der Waals surface area contributed by atoms with Gasteiger partial charge in [-0.25, -0.2) is 4.21 Å². The molecular formula is C16H15FOS. The van der Waals surface area contributed by atoms with E-state index in [4.69, 9.17) is 0 Å². The fraction of sp³-hybridized carbons (Fsp3) is 0.125. The standard InChI is InChI=1S/C16H15FOS/c1-12-3-7-14(8-4-12)11-16(17)19(18)15-9-5-13(2)6-10-15/h3-11H,1-2H3. The maximum atomic E-state index is 13.9. The van der Waals surface area contributed by atoms with Crippen molar-refractivity contribution in [2.75, 3.05) is 0 Å². The summed E-state index contributed by atoms with van der Waals surface area (Å²) in [7, 11) is -1.75. The number of hydrogen-bond acceptors (Lipinski definition) is 1. The van der Waals surface area contributed by atoms with E-state index in [-0.39, 0.29) is 0 Å². The van der Waals surface area contributed by atoms with Gasteiger partial charge in [-0.1, -0.05) is 47.5 Å². The highest BCUT2D eigenvalue weighted by Gasteiger charge is 2.09. The number of halogens is 1. The molecule has 0 bridgehead atoms. The second kappa shape index (κ2) is 5.93. The van der Waals surface area contributed by atoms with Gasteiger partial charge in [-0.05, 0) is 37.6 Å². The summed E-state index contributed by atoms with van der Waals surface area (Å²) >= 11 is 0. The van der Waals surface area contributed by atoms with Gasteiger partial charge in [-0.15, -0.1) is 0 Å². The van der Waals surface area contributed by atoms with Crippen LogP contribution in [0.4, 0.5) is 4.39 Å². The summed E-state index contributed by atoms with van der Waals surface area (Å²) < 4.78 is 25.9. The van der Waals surface area contributed by atoms with Gasteiger partial charge in [0.1, 0.15) is 10.8 Å². The largest absolute Gasteiger partial charge is 0.247 e. The molecule has 0 aliphatic carbocycles. The van der Waals surface area contributed by atoms with Crippen molar-refractivity contribution in [1.82, 2.24) is 0 Å². The Morgan fingerprint density at radius 3 is 1.95 bits per heavy atom. The second-order valence-electron chi connectivity index (χ2n) is 4.44. The second-order valence-corrected chi connectivity index (χ2v) is 5.84. The van der Waals surface area contributed by atoms with E-state index in [1.54, 1.807) is 24.3 Å². The lowest BCUT2D eigenvalue weighted by Gasteiger charge is -2.01.